The molecule has 2 aromatic rings. The number of nitrogens with zero attached hydrogens (tertiary/aromatic N) is 4. The van der Waals surface area contributed by atoms with E-state index in [2.05, 4.69) is 10.3 Å². The number of carbonyl (C=O) groups is 1. The average Bonchev–Trinajstić information content (AvgIpc) is 3.47. The minimum atomic E-state index is -3.14. The topological polar surface area (TPSA) is 119 Å². The van der Waals surface area contributed by atoms with Crippen molar-refractivity contribution in [3.8, 4) is 6.07 Å². The number of benzene rings is 1. The second kappa shape index (κ2) is 9.33. The van der Waals surface area contributed by atoms with Crippen molar-refractivity contribution < 1.29 is 17.6 Å². The summed E-state index contributed by atoms with van der Waals surface area (Å²) >= 11 is 1.36. The maximum Gasteiger partial charge on any atom is 0.263 e. The molecular weight excluding hydrogens is 462 g/mol. The fourth-order valence-corrected chi connectivity index (χ4v) is 7.61. The third kappa shape index (κ3) is 5.07. The Balaban J connectivity index is 1.59. The van der Waals surface area contributed by atoms with Gasteiger partial charge in [-0.15, -0.1) is 0 Å². The molecule has 1 aromatic heterocycles. The summed E-state index contributed by atoms with van der Waals surface area (Å²) in [6.07, 6.45) is 2.74. The summed E-state index contributed by atoms with van der Waals surface area (Å²) in [4.78, 5) is 20.7. The number of aliphatic imine (C=N–C) groups is 1. The molecule has 0 saturated carbocycles. The van der Waals surface area contributed by atoms with E-state index in [0.29, 0.717) is 10.9 Å². The van der Waals surface area contributed by atoms with E-state index in [1.807, 2.05) is 54.2 Å². The first kappa shape index (κ1) is 22.9. The molecule has 3 heterocycles. The van der Waals surface area contributed by atoms with Crippen LogP contribution < -0.4 is 15.1 Å². The van der Waals surface area contributed by atoms with Crippen molar-refractivity contribution in [2.75, 3.05) is 35.4 Å². The summed E-state index contributed by atoms with van der Waals surface area (Å²) in [5, 5.41) is 12.5. The molecule has 11 heteroatoms. The Morgan fingerprint density at radius 3 is 2.73 bits per heavy atom. The Morgan fingerprint density at radius 2 is 2.09 bits per heavy atom. The monoisotopic (exact) mass is 485 g/mol. The Bertz CT molecular complexity index is 1230. The van der Waals surface area contributed by atoms with E-state index in [1.54, 1.807) is 12.1 Å². The lowest BCUT2D eigenvalue weighted by Crippen LogP contribution is -2.37. The number of amidine groups is 1. The molecule has 2 saturated heterocycles. The zero-order chi connectivity index (χ0) is 23.6. The summed E-state index contributed by atoms with van der Waals surface area (Å²) in [6, 6.07) is 12.8. The van der Waals surface area contributed by atoms with Crippen molar-refractivity contribution >= 4 is 44.0 Å². The van der Waals surface area contributed by atoms with Crippen LogP contribution in [0.1, 0.15) is 5.76 Å². The largest absolute Gasteiger partial charge is 0.467 e. The minimum absolute atomic E-state index is 0.0393. The molecule has 0 spiro atoms. The number of furan rings is 1. The van der Waals surface area contributed by atoms with E-state index < -0.39 is 15.7 Å². The van der Waals surface area contributed by atoms with Gasteiger partial charge in [-0.2, -0.15) is 5.26 Å². The Kier molecular flexibility index (Phi) is 6.49. The van der Waals surface area contributed by atoms with E-state index in [9.17, 15) is 18.5 Å². The van der Waals surface area contributed by atoms with Gasteiger partial charge in [-0.1, -0.05) is 11.8 Å². The normalized spacial score (nSPS) is 22.8. The van der Waals surface area contributed by atoms with Crippen LogP contribution in [0.15, 0.2) is 63.8 Å². The van der Waals surface area contributed by atoms with Crippen LogP contribution in [-0.4, -0.2) is 56.4 Å². The first-order valence-electron chi connectivity index (χ1n) is 10.2. The lowest BCUT2D eigenvalue weighted by molar-refractivity contribution is -0.117. The standard InChI is InChI=1S/C22H23N5O4S2/c1-26(2)16-5-7-17(8-6-16)27-19-13-33(29,30)14-20(19)32-22(27)25-11-15(10-23)21(28)24-12-18-4-3-9-31-18/h3-9,11,19-20H,12-14H2,1-2H3,(H,24,28)/b15-11+,25-22?/t19-,20+/m0/s1. The second-order valence-corrected chi connectivity index (χ2v) is 11.3. The number of carbonyl (C=O) groups excluding carboxylic acids is 1. The van der Waals surface area contributed by atoms with Gasteiger partial charge < -0.3 is 19.5 Å². The third-order valence-corrected chi connectivity index (χ3v) is 8.61. The molecule has 9 nitrogen and oxygen atoms in total. The van der Waals surface area contributed by atoms with Crippen LogP contribution in [0.25, 0.3) is 0 Å². The molecule has 2 fully saturated rings. The summed E-state index contributed by atoms with van der Waals surface area (Å²) in [7, 11) is 0.749. The second-order valence-electron chi connectivity index (χ2n) is 7.91. The summed E-state index contributed by atoms with van der Waals surface area (Å²) in [6.45, 7) is 0.155. The van der Waals surface area contributed by atoms with E-state index in [4.69, 9.17) is 4.42 Å². The van der Waals surface area contributed by atoms with Gasteiger partial charge in [-0.25, -0.2) is 13.4 Å². The number of fused-ring (bicyclic) bond motifs is 1. The summed E-state index contributed by atoms with van der Waals surface area (Å²) < 4.78 is 29.7. The molecule has 1 amide bonds. The van der Waals surface area contributed by atoms with Crippen molar-refractivity contribution in [1.29, 1.82) is 5.26 Å². The first-order chi connectivity index (χ1) is 15.8. The van der Waals surface area contributed by atoms with Crippen LogP contribution >= 0.6 is 11.8 Å². The quantitative estimate of drug-likeness (QED) is 0.488. The van der Waals surface area contributed by atoms with Gasteiger partial charge in [0.2, 0.25) is 0 Å². The summed E-state index contributed by atoms with van der Waals surface area (Å²) in [5.41, 5.74) is 1.67. The van der Waals surface area contributed by atoms with E-state index in [-0.39, 0.29) is 34.9 Å². The number of rotatable bonds is 6. The molecule has 2 aliphatic rings. The number of sulfone groups is 1. The molecule has 0 radical (unpaired) electrons. The van der Waals surface area contributed by atoms with Crippen molar-refractivity contribution in [3.05, 3.63) is 60.2 Å². The molecule has 1 N–H and O–H groups in total. The smallest absolute Gasteiger partial charge is 0.263 e. The van der Waals surface area contributed by atoms with Crippen molar-refractivity contribution in [3.63, 3.8) is 0 Å². The van der Waals surface area contributed by atoms with Gasteiger partial charge >= 0.3 is 0 Å². The van der Waals surface area contributed by atoms with Gasteiger partial charge in [-0.3, -0.25) is 4.79 Å². The molecule has 2 aliphatic heterocycles. The average molecular weight is 486 g/mol. The maximum atomic E-state index is 12.4. The number of hydrogen-bond acceptors (Lipinski definition) is 8. The number of nitriles is 1. The molecule has 0 aliphatic carbocycles. The predicted octanol–water partition coefficient (Wildman–Crippen LogP) is 2.14. The lowest BCUT2D eigenvalue weighted by Gasteiger charge is -2.25. The van der Waals surface area contributed by atoms with Crippen molar-refractivity contribution in [2.24, 2.45) is 4.99 Å². The van der Waals surface area contributed by atoms with Gasteiger partial charge in [0.25, 0.3) is 5.91 Å². The van der Waals surface area contributed by atoms with Crippen LogP contribution in [0, 0.1) is 11.3 Å². The molecular formula is C22H23N5O4S2. The Hall–Kier alpha value is -3.23. The molecule has 4 rings (SSSR count). The third-order valence-electron chi connectivity index (χ3n) is 5.38. The molecule has 0 bridgehead atoms. The SMILES string of the molecule is CN(C)c1ccc(N2C(=N/C=C(\C#N)C(=O)NCc3ccco3)S[C@@H]3CS(=O)(=O)C[C@@H]32)cc1. The predicted molar refractivity (Wildman–Crippen MR) is 129 cm³/mol. The van der Waals surface area contributed by atoms with E-state index in [1.165, 1.54) is 24.2 Å². The van der Waals surface area contributed by atoms with E-state index >= 15 is 0 Å². The first-order valence-corrected chi connectivity index (χ1v) is 12.9. The lowest BCUT2D eigenvalue weighted by atomic mass is 10.2. The zero-order valence-electron chi connectivity index (χ0n) is 18.1. The van der Waals surface area contributed by atoms with Crippen LogP contribution in [0.3, 0.4) is 0 Å². The number of thioether (sulfide) groups is 1. The van der Waals surface area contributed by atoms with Gasteiger partial charge in [-0.05, 0) is 36.4 Å². The highest BCUT2D eigenvalue weighted by Crippen LogP contribution is 2.41. The Labute approximate surface area is 196 Å². The van der Waals surface area contributed by atoms with Gasteiger partial charge in [0.1, 0.15) is 17.4 Å². The maximum absolute atomic E-state index is 12.4. The minimum Gasteiger partial charge on any atom is -0.467 e. The molecule has 0 unspecified atom stereocenters. The van der Waals surface area contributed by atoms with Crippen LogP contribution in [0.5, 0.6) is 0 Å². The highest BCUT2D eigenvalue weighted by molar-refractivity contribution is 8.16. The van der Waals surface area contributed by atoms with Crippen molar-refractivity contribution in [2.45, 2.75) is 17.8 Å². The molecule has 1 aromatic carbocycles. The molecule has 2 atom stereocenters. The highest BCUT2D eigenvalue weighted by Gasteiger charge is 2.49. The fourth-order valence-electron chi connectivity index (χ4n) is 3.72. The highest BCUT2D eigenvalue weighted by atomic mass is 32.2. The van der Waals surface area contributed by atoms with Crippen molar-refractivity contribution in [1.82, 2.24) is 5.32 Å². The van der Waals surface area contributed by atoms with E-state index in [0.717, 1.165) is 11.4 Å². The number of nitrogens with one attached hydrogen (secondary N) is 1. The number of hydrogen-bond donors (Lipinski definition) is 1. The Morgan fingerprint density at radius 1 is 1.33 bits per heavy atom. The fraction of sp³-hybridized carbons (Fsp3) is 0.318. The zero-order valence-corrected chi connectivity index (χ0v) is 19.8. The number of anilines is 2. The van der Waals surface area contributed by atoms with Gasteiger partial charge in [0.15, 0.2) is 15.0 Å². The molecule has 172 valence electrons. The summed E-state index contributed by atoms with van der Waals surface area (Å²) in [5.74, 6) is 0.120. The van der Waals surface area contributed by atoms with Crippen LogP contribution in [0.2, 0.25) is 0 Å². The van der Waals surface area contributed by atoms with Gasteiger partial charge in [0.05, 0.1) is 36.6 Å². The number of amides is 1. The van der Waals surface area contributed by atoms with Crippen LogP contribution in [0.4, 0.5) is 11.4 Å². The van der Waals surface area contributed by atoms with Gasteiger partial charge in [0, 0.05) is 30.7 Å². The molecule has 33 heavy (non-hydrogen) atoms. The van der Waals surface area contributed by atoms with Crippen LogP contribution in [-0.2, 0) is 21.2 Å².